The van der Waals surface area contributed by atoms with Crippen molar-refractivity contribution in [2.45, 2.75) is 0 Å². The maximum Gasteiger partial charge on any atom is 0.227 e. The van der Waals surface area contributed by atoms with Crippen LogP contribution < -0.4 is 4.74 Å². The zero-order valence-corrected chi connectivity index (χ0v) is 6.11. The topological polar surface area (TPSA) is 37.2 Å². The highest BCUT2D eigenvalue weighted by Crippen LogP contribution is 2.17. The molecule has 0 amide bonds. The smallest absolute Gasteiger partial charge is 0.227 e. The van der Waals surface area contributed by atoms with Crippen molar-refractivity contribution < 1.29 is 14.4 Å². The number of aromatic hydroxyl groups is 1. The van der Waals surface area contributed by atoms with E-state index in [0.29, 0.717) is 5.58 Å². The summed E-state index contributed by atoms with van der Waals surface area (Å²) in [6.45, 7) is 0. The van der Waals surface area contributed by atoms with Crippen LogP contribution in [0.4, 0.5) is 0 Å². The minimum atomic E-state index is 0.229. The van der Waals surface area contributed by atoms with Crippen molar-refractivity contribution >= 4 is 11.0 Å². The Kier molecular flexibility index (Phi) is 1.12. The van der Waals surface area contributed by atoms with E-state index in [1.807, 2.05) is 12.3 Å². The van der Waals surface area contributed by atoms with Crippen LogP contribution in [0.25, 0.3) is 11.0 Å². The summed E-state index contributed by atoms with van der Waals surface area (Å²) in [5, 5.41) is 10.1. The lowest BCUT2D eigenvalue weighted by Crippen LogP contribution is -2.22. The van der Waals surface area contributed by atoms with Crippen LogP contribution in [0.1, 0.15) is 0 Å². The summed E-state index contributed by atoms with van der Waals surface area (Å²) in [7, 11) is 1.80. The molecule has 0 atom stereocenters. The Labute approximate surface area is 63.4 Å². The molecule has 2 rings (SSSR count). The number of rotatable bonds is 0. The predicted molar refractivity (Wildman–Crippen MR) is 39.1 cm³/mol. The molecule has 0 bridgehead atoms. The summed E-state index contributed by atoms with van der Waals surface area (Å²) < 4.78 is 6.81. The fourth-order valence-corrected chi connectivity index (χ4v) is 1.09. The van der Waals surface area contributed by atoms with Gasteiger partial charge in [0, 0.05) is 6.07 Å². The predicted octanol–water partition coefficient (Wildman–Crippen LogP) is 0.963. The molecule has 0 spiro atoms. The number of phenolic OH excluding ortho intramolecular Hbond substituents is 1. The number of hydrogen-bond acceptors (Lipinski definition) is 2. The van der Waals surface area contributed by atoms with Gasteiger partial charge in [0.1, 0.15) is 5.75 Å². The van der Waals surface area contributed by atoms with E-state index in [2.05, 4.69) is 0 Å². The highest BCUT2D eigenvalue weighted by Gasteiger charge is 2.05. The second kappa shape index (κ2) is 1.99. The van der Waals surface area contributed by atoms with Gasteiger partial charge in [-0.15, -0.1) is 0 Å². The van der Waals surface area contributed by atoms with E-state index in [1.165, 1.54) is 0 Å². The molecular formula is C8H8NO2+. The second-order valence-corrected chi connectivity index (χ2v) is 2.49. The Morgan fingerprint density at radius 2 is 2.27 bits per heavy atom. The molecule has 0 radical (unpaired) electrons. The summed E-state index contributed by atoms with van der Waals surface area (Å²) in [5.41, 5.74) is 0.701. The molecule has 2 aromatic rings. The second-order valence-electron chi connectivity index (χ2n) is 2.49. The molecule has 0 saturated heterocycles. The lowest BCUT2D eigenvalue weighted by molar-refractivity contribution is -0.841. The Bertz CT molecular complexity index is 392. The molecule has 3 heteroatoms. The first kappa shape index (κ1) is 6.22. The SMILES string of the molecule is C[n+]1cc2ccc(O)cc2o1. The van der Waals surface area contributed by atoms with Gasteiger partial charge in [-0.05, 0) is 16.9 Å². The molecule has 56 valence electrons. The average molecular weight is 150 g/mol. The van der Waals surface area contributed by atoms with Crippen LogP contribution in [-0.4, -0.2) is 5.11 Å². The van der Waals surface area contributed by atoms with Crippen LogP contribution in [0.5, 0.6) is 5.75 Å². The average Bonchev–Trinajstić information content (AvgIpc) is 2.27. The maximum atomic E-state index is 9.07. The van der Waals surface area contributed by atoms with Crippen LogP contribution in [0.15, 0.2) is 28.9 Å². The van der Waals surface area contributed by atoms with Crippen LogP contribution in [0, 0.1) is 0 Å². The Balaban J connectivity index is 2.82. The largest absolute Gasteiger partial charge is 0.508 e. The quantitative estimate of drug-likeness (QED) is 0.568. The molecule has 1 heterocycles. The van der Waals surface area contributed by atoms with E-state index >= 15 is 0 Å². The van der Waals surface area contributed by atoms with Gasteiger partial charge in [-0.3, -0.25) is 0 Å². The van der Waals surface area contributed by atoms with Gasteiger partial charge < -0.3 is 5.11 Å². The lowest BCUT2D eigenvalue weighted by Gasteiger charge is -1.84. The number of aryl methyl sites for hydroxylation is 1. The zero-order valence-electron chi connectivity index (χ0n) is 6.11. The Morgan fingerprint density at radius 1 is 1.45 bits per heavy atom. The monoisotopic (exact) mass is 150 g/mol. The number of fused-ring (bicyclic) bond motifs is 1. The molecule has 11 heavy (non-hydrogen) atoms. The number of phenols is 1. The fraction of sp³-hybridized carbons (Fsp3) is 0.125. The molecular weight excluding hydrogens is 142 g/mol. The summed E-state index contributed by atoms with van der Waals surface area (Å²) in [6, 6.07) is 5.04. The highest BCUT2D eigenvalue weighted by atomic mass is 16.5. The van der Waals surface area contributed by atoms with Crippen LogP contribution in [-0.2, 0) is 7.05 Å². The fourth-order valence-electron chi connectivity index (χ4n) is 1.09. The Morgan fingerprint density at radius 3 is 3.09 bits per heavy atom. The van der Waals surface area contributed by atoms with Gasteiger partial charge in [-0.25, -0.2) is 4.52 Å². The van der Waals surface area contributed by atoms with Gasteiger partial charge in [-0.2, -0.15) is 0 Å². The van der Waals surface area contributed by atoms with Crippen molar-refractivity contribution in [1.29, 1.82) is 0 Å². The van der Waals surface area contributed by atoms with Crippen molar-refractivity contribution in [1.82, 2.24) is 0 Å². The number of aromatic nitrogens is 1. The van der Waals surface area contributed by atoms with E-state index in [9.17, 15) is 0 Å². The molecule has 1 aromatic carbocycles. The van der Waals surface area contributed by atoms with Crippen molar-refractivity contribution in [2.75, 3.05) is 0 Å². The van der Waals surface area contributed by atoms with Gasteiger partial charge in [0.2, 0.25) is 11.8 Å². The van der Waals surface area contributed by atoms with Crippen molar-refractivity contribution in [3.8, 4) is 5.75 Å². The van der Waals surface area contributed by atoms with Crippen LogP contribution in [0.2, 0.25) is 0 Å². The van der Waals surface area contributed by atoms with Crippen LogP contribution >= 0.6 is 0 Å². The zero-order chi connectivity index (χ0) is 7.84. The van der Waals surface area contributed by atoms with Crippen molar-refractivity contribution in [3.05, 3.63) is 24.4 Å². The lowest BCUT2D eigenvalue weighted by atomic mass is 10.2. The molecule has 1 N–H and O–H groups in total. The maximum absolute atomic E-state index is 9.07. The van der Waals surface area contributed by atoms with Gasteiger partial charge in [0.25, 0.3) is 0 Å². The first-order valence-corrected chi connectivity index (χ1v) is 3.34. The molecule has 0 saturated carbocycles. The number of nitrogens with zero attached hydrogens (tertiary/aromatic N) is 1. The van der Waals surface area contributed by atoms with Crippen molar-refractivity contribution in [3.63, 3.8) is 0 Å². The van der Waals surface area contributed by atoms with E-state index in [0.717, 1.165) is 5.39 Å². The molecule has 0 fully saturated rings. The van der Waals surface area contributed by atoms with Crippen molar-refractivity contribution in [2.24, 2.45) is 7.05 Å². The normalized spacial score (nSPS) is 10.6. The van der Waals surface area contributed by atoms with Crippen LogP contribution in [0.3, 0.4) is 0 Å². The van der Waals surface area contributed by atoms with E-state index in [1.54, 1.807) is 23.9 Å². The van der Waals surface area contributed by atoms with Gasteiger partial charge in [-0.1, -0.05) is 0 Å². The minimum absolute atomic E-state index is 0.229. The van der Waals surface area contributed by atoms with E-state index in [-0.39, 0.29) is 5.75 Å². The van der Waals surface area contributed by atoms with Gasteiger partial charge in [0.05, 0.1) is 5.39 Å². The first-order chi connectivity index (χ1) is 5.25. The minimum Gasteiger partial charge on any atom is -0.508 e. The molecule has 0 unspecified atom stereocenters. The highest BCUT2D eigenvalue weighted by molar-refractivity contribution is 5.76. The third-order valence-corrected chi connectivity index (χ3v) is 1.56. The third-order valence-electron chi connectivity index (χ3n) is 1.56. The summed E-state index contributed by atoms with van der Waals surface area (Å²) in [4.78, 5) is 0. The van der Waals surface area contributed by atoms with Gasteiger partial charge in [0.15, 0.2) is 7.05 Å². The summed E-state index contributed by atoms with van der Waals surface area (Å²) >= 11 is 0. The molecule has 0 aliphatic carbocycles. The standard InChI is InChI=1S/C8H7NO2/c1-9-5-6-2-3-7(10)4-8(6)11-9/h2-5H,1H3/p+1. The van der Waals surface area contributed by atoms with E-state index in [4.69, 9.17) is 9.63 Å². The summed E-state index contributed by atoms with van der Waals surface area (Å²) in [6.07, 6.45) is 1.86. The Hall–Kier alpha value is -1.51. The molecule has 0 aliphatic rings. The third kappa shape index (κ3) is 0.941. The first-order valence-electron chi connectivity index (χ1n) is 3.34. The molecule has 0 aliphatic heterocycles. The number of benzene rings is 1. The van der Waals surface area contributed by atoms with E-state index < -0.39 is 0 Å². The van der Waals surface area contributed by atoms with Gasteiger partial charge >= 0.3 is 0 Å². The molecule has 1 aromatic heterocycles. The number of hydrogen-bond donors (Lipinski definition) is 1. The molecule has 3 nitrogen and oxygen atoms in total. The summed E-state index contributed by atoms with van der Waals surface area (Å²) in [5.74, 6) is 0.229.